The molecule has 0 aromatic carbocycles. The summed E-state index contributed by atoms with van der Waals surface area (Å²) < 4.78 is 0. The molecule has 0 aliphatic heterocycles. The SMILES string of the molecule is CC#CCC(=O)CC(N)CCC. The number of carbonyl (C=O) groups is 1. The van der Waals surface area contributed by atoms with E-state index in [4.69, 9.17) is 5.73 Å². The van der Waals surface area contributed by atoms with Gasteiger partial charge in [0.25, 0.3) is 0 Å². The zero-order chi connectivity index (χ0) is 9.40. The Hall–Kier alpha value is -0.810. The van der Waals surface area contributed by atoms with E-state index < -0.39 is 0 Å². The molecular weight excluding hydrogens is 150 g/mol. The van der Waals surface area contributed by atoms with Crippen molar-refractivity contribution in [1.82, 2.24) is 0 Å². The van der Waals surface area contributed by atoms with Crippen LogP contribution in [0.5, 0.6) is 0 Å². The zero-order valence-corrected chi connectivity index (χ0v) is 7.89. The molecule has 0 radical (unpaired) electrons. The van der Waals surface area contributed by atoms with Gasteiger partial charge in [0, 0.05) is 12.5 Å². The Balaban J connectivity index is 3.58. The molecule has 0 spiro atoms. The Labute approximate surface area is 74.5 Å². The lowest BCUT2D eigenvalue weighted by atomic mass is 10.1. The molecule has 0 aromatic heterocycles. The molecule has 12 heavy (non-hydrogen) atoms. The Kier molecular flexibility index (Phi) is 6.41. The average molecular weight is 167 g/mol. The Morgan fingerprint density at radius 1 is 1.58 bits per heavy atom. The highest BCUT2D eigenvalue weighted by Gasteiger charge is 2.06. The van der Waals surface area contributed by atoms with Gasteiger partial charge in [-0.05, 0) is 13.3 Å². The van der Waals surface area contributed by atoms with Crippen molar-refractivity contribution in [2.24, 2.45) is 5.73 Å². The van der Waals surface area contributed by atoms with Crippen LogP contribution in [0.3, 0.4) is 0 Å². The molecule has 0 aliphatic rings. The topological polar surface area (TPSA) is 43.1 Å². The van der Waals surface area contributed by atoms with Crippen molar-refractivity contribution in [2.45, 2.75) is 45.6 Å². The fourth-order valence-corrected chi connectivity index (χ4v) is 1.02. The highest BCUT2D eigenvalue weighted by atomic mass is 16.1. The van der Waals surface area contributed by atoms with Crippen LogP contribution in [0.15, 0.2) is 0 Å². The standard InChI is InChI=1S/C10H17NO/c1-3-5-7-10(12)8-9(11)6-4-2/h9H,4,6-8,11H2,1-2H3. The quantitative estimate of drug-likeness (QED) is 0.630. The van der Waals surface area contributed by atoms with E-state index in [1.54, 1.807) is 6.92 Å². The molecule has 0 fully saturated rings. The first-order valence-corrected chi connectivity index (χ1v) is 4.37. The van der Waals surface area contributed by atoms with Crippen LogP contribution >= 0.6 is 0 Å². The smallest absolute Gasteiger partial charge is 0.146 e. The number of Topliss-reactive ketones (excluding diaryl/α,β-unsaturated/α-hetero) is 1. The minimum absolute atomic E-state index is 0.0288. The van der Waals surface area contributed by atoms with E-state index in [2.05, 4.69) is 18.8 Å². The number of hydrogen-bond donors (Lipinski definition) is 1. The Morgan fingerprint density at radius 2 is 2.25 bits per heavy atom. The molecule has 0 amide bonds. The van der Waals surface area contributed by atoms with Crippen molar-refractivity contribution < 1.29 is 4.79 Å². The van der Waals surface area contributed by atoms with Crippen LogP contribution in [-0.2, 0) is 4.79 Å². The van der Waals surface area contributed by atoms with E-state index in [1.807, 2.05) is 0 Å². The van der Waals surface area contributed by atoms with Gasteiger partial charge in [0.15, 0.2) is 0 Å². The van der Waals surface area contributed by atoms with Crippen molar-refractivity contribution in [3.05, 3.63) is 0 Å². The van der Waals surface area contributed by atoms with E-state index in [1.165, 1.54) is 0 Å². The summed E-state index contributed by atoms with van der Waals surface area (Å²) in [7, 11) is 0. The molecule has 2 nitrogen and oxygen atoms in total. The van der Waals surface area contributed by atoms with Crippen LogP contribution in [0.25, 0.3) is 0 Å². The van der Waals surface area contributed by atoms with Crippen LogP contribution in [0, 0.1) is 11.8 Å². The number of carbonyl (C=O) groups excluding carboxylic acids is 1. The molecule has 0 rings (SSSR count). The third-order valence-electron chi connectivity index (χ3n) is 1.61. The summed E-state index contributed by atoms with van der Waals surface area (Å²) in [6.45, 7) is 3.80. The molecule has 2 heteroatoms. The van der Waals surface area contributed by atoms with E-state index in [0.29, 0.717) is 12.8 Å². The second-order valence-corrected chi connectivity index (χ2v) is 2.90. The normalized spacial score (nSPS) is 11.6. The molecular formula is C10H17NO. The van der Waals surface area contributed by atoms with Crippen molar-refractivity contribution >= 4 is 5.78 Å². The summed E-state index contributed by atoms with van der Waals surface area (Å²) in [5, 5.41) is 0. The Bertz CT molecular complexity index is 188. The molecule has 0 heterocycles. The molecule has 2 N–H and O–H groups in total. The third-order valence-corrected chi connectivity index (χ3v) is 1.61. The number of hydrogen-bond acceptors (Lipinski definition) is 2. The maximum absolute atomic E-state index is 11.1. The molecule has 0 aromatic rings. The second-order valence-electron chi connectivity index (χ2n) is 2.90. The van der Waals surface area contributed by atoms with E-state index in [0.717, 1.165) is 12.8 Å². The zero-order valence-electron chi connectivity index (χ0n) is 7.89. The van der Waals surface area contributed by atoms with Gasteiger partial charge in [-0.15, -0.1) is 5.92 Å². The van der Waals surface area contributed by atoms with Crippen LogP contribution in [0.1, 0.15) is 39.5 Å². The minimum atomic E-state index is 0.0288. The minimum Gasteiger partial charge on any atom is -0.327 e. The van der Waals surface area contributed by atoms with Gasteiger partial charge < -0.3 is 5.73 Å². The third kappa shape index (κ3) is 5.94. The van der Waals surface area contributed by atoms with Crippen molar-refractivity contribution in [3.8, 4) is 11.8 Å². The molecule has 1 atom stereocenters. The highest BCUT2D eigenvalue weighted by Crippen LogP contribution is 2.00. The van der Waals surface area contributed by atoms with Crippen LogP contribution in [0.4, 0.5) is 0 Å². The fraction of sp³-hybridized carbons (Fsp3) is 0.700. The molecule has 68 valence electrons. The first-order valence-electron chi connectivity index (χ1n) is 4.37. The molecule has 0 saturated heterocycles. The maximum Gasteiger partial charge on any atom is 0.146 e. The summed E-state index contributed by atoms with van der Waals surface area (Å²) in [6.07, 6.45) is 2.79. The van der Waals surface area contributed by atoms with Crippen LogP contribution < -0.4 is 5.73 Å². The van der Waals surface area contributed by atoms with Gasteiger partial charge in [0.2, 0.25) is 0 Å². The van der Waals surface area contributed by atoms with Crippen molar-refractivity contribution in [1.29, 1.82) is 0 Å². The predicted molar refractivity (Wildman–Crippen MR) is 50.6 cm³/mol. The molecule has 0 bridgehead atoms. The average Bonchev–Trinajstić information content (AvgIpc) is 2.01. The van der Waals surface area contributed by atoms with Gasteiger partial charge in [-0.25, -0.2) is 0 Å². The first-order chi connectivity index (χ1) is 5.70. The molecule has 0 saturated carbocycles. The Morgan fingerprint density at radius 3 is 2.75 bits per heavy atom. The van der Waals surface area contributed by atoms with E-state index >= 15 is 0 Å². The predicted octanol–water partition coefficient (Wildman–Crippen LogP) is 1.49. The molecule has 1 unspecified atom stereocenters. The van der Waals surface area contributed by atoms with E-state index in [9.17, 15) is 4.79 Å². The number of ketones is 1. The van der Waals surface area contributed by atoms with Crippen LogP contribution in [-0.4, -0.2) is 11.8 Å². The van der Waals surface area contributed by atoms with Gasteiger partial charge in [-0.1, -0.05) is 19.3 Å². The summed E-state index contributed by atoms with van der Waals surface area (Å²) in [6, 6.07) is 0.0288. The summed E-state index contributed by atoms with van der Waals surface area (Å²) in [5.74, 6) is 5.59. The summed E-state index contributed by atoms with van der Waals surface area (Å²) in [5.41, 5.74) is 5.69. The fourth-order valence-electron chi connectivity index (χ4n) is 1.02. The maximum atomic E-state index is 11.1. The lowest BCUT2D eigenvalue weighted by Crippen LogP contribution is -2.23. The summed E-state index contributed by atoms with van der Waals surface area (Å²) >= 11 is 0. The van der Waals surface area contributed by atoms with Crippen molar-refractivity contribution in [3.63, 3.8) is 0 Å². The lowest BCUT2D eigenvalue weighted by molar-refractivity contribution is -0.118. The number of nitrogens with two attached hydrogens (primary N) is 1. The van der Waals surface area contributed by atoms with Gasteiger partial charge >= 0.3 is 0 Å². The monoisotopic (exact) mass is 167 g/mol. The first kappa shape index (κ1) is 11.2. The van der Waals surface area contributed by atoms with Gasteiger partial charge in [0.1, 0.15) is 5.78 Å². The summed E-state index contributed by atoms with van der Waals surface area (Å²) in [4.78, 5) is 11.1. The highest BCUT2D eigenvalue weighted by molar-refractivity contribution is 5.81. The molecule has 0 aliphatic carbocycles. The second kappa shape index (κ2) is 6.87. The van der Waals surface area contributed by atoms with Gasteiger partial charge in [-0.2, -0.15) is 0 Å². The lowest BCUT2D eigenvalue weighted by Gasteiger charge is -2.06. The van der Waals surface area contributed by atoms with Crippen LogP contribution in [0.2, 0.25) is 0 Å². The number of rotatable bonds is 5. The van der Waals surface area contributed by atoms with E-state index in [-0.39, 0.29) is 11.8 Å². The van der Waals surface area contributed by atoms with Crippen molar-refractivity contribution in [2.75, 3.05) is 0 Å². The van der Waals surface area contributed by atoms with Gasteiger partial charge in [0.05, 0.1) is 6.42 Å². The van der Waals surface area contributed by atoms with Gasteiger partial charge in [-0.3, -0.25) is 4.79 Å². The largest absolute Gasteiger partial charge is 0.327 e.